The molecule has 1 saturated heterocycles. The Hall–Kier alpha value is -2.46. The summed E-state index contributed by atoms with van der Waals surface area (Å²) in [7, 11) is 0. The van der Waals surface area contributed by atoms with Gasteiger partial charge in [0.2, 0.25) is 6.29 Å². The van der Waals surface area contributed by atoms with E-state index in [0.29, 0.717) is 19.4 Å². The molecule has 0 aliphatic carbocycles. The summed E-state index contributed by atoms with van der Waals surface area (Å²) in [6, 6.07) is 5.93. The Labute approximate surface area is 193 Å². The highest BCUT2D eigenvalue weighted by atomic mass is 16.7. The minimum absolute atomic E-state index is 0.133. The first-order valence-corrected chi connectivity index (χ1v) is 10.9. The van der Waals surface area contributed by atoms with Gasteiger partial charge in [-0.05, 0) is 57.7 Å². The molecule has 0 amide bonds. The first-order chi connectivity index (χ1) is 15.5. The second-order valence-electron chi connectivity index (χ2n) is 8.83. The van der Waals surface area contributed by atoms with Crippen LogP contribution in [0.2, 0.25) is 0 Å². The minimum Gasteiger partial charge on any atom is -0.493 e. The minimum atomic E-state index is -1.77. The third-order valence-electron chi connectivity index (χ3n) is 5.47. The van der Waals surface area contributed by atoms with Gasteiger partial charge in [0.05, 0.1) is 12.0 Å². The fourth-order valence-electron chi connectivity index (χ4n) is 3.29. The lowest BCUT2D eigenvalue weighted by Gasteiger charge is -2.39. The zero-order chi connectivity index (χ0) is 24.8. The third kappa shape index (κ3) is 7.01. The molecule has 0 aromatic heterocycles. The maximum atomic E-state index is 12.8. The maximum absolute atomic E-state index is 12.8. The van der Waals surface area contributed by atoms with Gasteiger partial charge in [-0.1, -0.05) is 24.8 Å². The summed E-state index contributed by atoms with van der Waals surface area (Å²) in [6.45, 7) is 10.9. The quantitative estimate of drug-likeness (QED) is 0.267. The Morgan fingerprint density at radius 3 is 2.52 bits per heavy atom. The molecule has 9 heteroatoms. The van der Waals surface area contributed by atoms with Crippen molar-refractivity contribution in [2.24, 2.45) is 5.41 Å². The summed E-state index contributed by atoms with van der Waals surface area (Å²) < 4.78 is 21.2. The van der Waals surface area contributed by atoms with Crippen LogP contribution in [0.3, 0.4) is 0 Å². The average Bonchev–Trinajstić information content (AvgIpc) is 2.77. The molecule has 33 heavy (non-hydrogen) atoms. The number of rotatable bonds is 10. The van der Waals surface area contributed by atoms with Crippen molar-refractivity contribution in [2.75, 3.05) is 13.2 Å². The number of aryl methyl sites for hydroxylation is 2. The van der Waals surface area contributed by atoms with E-state index in [4.69, 9.17) is 18.9 Å². The summed E-state index contributed by atoms with van der Waals surface area (Å²) in [4.78, 5) is 24.8. The van der Waals surface area contributed by atoms with Crippen molar-refractivity contribution in [1.29, 1.82) is 0 Å². The lowest BCUT2D eigenvalue weighted by Crippen LogP contribution is -2.61. The fourth-order valence-corrected chi connectivity index (χ4v) is 3.29. The zero-order valence-electron chi connectivity index (χ0n) is 19.5. The number of carbonyl (C=O) groups is 2. The van der Waals surface area contributed by atoms with E-state index in [-0.39, 0.29) is 6.61 Å². The molecule has 184 valence electrons. The number of benzene rings is 1. The second-order valence-corrected chi connectivity index (χ2v) is 8.83. The first-order valence-electron chi connectivity index (χ1n) is 10.9. The molecule has 5 unspecified atom stereocenters. The van der Waals surface area contributed by atoms with Crippen molar-refractivity contribution in [3.63, 3.8) is 0 Å². The summed E-state index contributed by atoms with van der Waals surface area (Å²) in [5.74, 6) is -0.881. The van der Waals surface area contributed by atoms with Gasteiger partial charge in [-0.25, -0.2) is 4.79 Å². The van der Waals surface area contributed by atoms with Gasteiger partial charge in [-0.2, -0.15) is 0 Å². The SMILES string of the molecule is C=CCOC(=O)C1OC(OC(=O)C(C)(C)CCCOc2cc(C)ccc2C)C(O)C(O)C1O. The summed E-state index contributed by atoms with van der Waals surface area (Å²) in [6.07, 6.45) is -6.25. The average molecular weight is 467 g/mol. The van der Waals surface area contributed by atoms with E-state index in [9.17, 15) is 24.9 Å². The standard InChI is InChI=1S/C24H34O9/c1-6-11-31-21(28)20-18(26)17(25)19(27)22(32-20)33-23(29)24(4,5)10-7-12-30-16-13-14(2)8-9-15(16)3/h6,8-9,13,17-20,22,25-27H,1,7,10-12H2,2-5H3. The third-order valence-corrected chi connectivity index (χ3v) is 5.47. The van der Waals surface area contributed by atoms with Gasteiger partial charge in [0.15, 0.2) is 6.10 Å². The van der Waals surface area contributed by atoms with Crippen LogP contribution in [-0.4, -0.2) is 71.2 Å². The van der Waals surface area contributed by atoms with Crippen molar-refractivity contribution >= 4 is 11.9 Å². The Morgan fingerprint density at radius 2 is 1.85 bits per heavy atom. The molecule has 1 aliphatic heterocycles. The van der Waals surface area contributed by atoms with Gasteiger partial charge in [0, 0.05) is 0 Å². The van der Waals surface area contributed by atoms with Gasteiger partial charge in [-0.3, -0.25) is 4.79 Å². The van der Waals surface area contributed by atoms with Crippen molar-refractivity contribution in [3.8, 4) is 5.75 Å². The molecule has 1 aromatic carbocycles. The van der Waals surface area contributed by atoms with Crippen LogP contribution in [0.4, 0.5) is 0 Å². The van der Waals surface area contributed by atoms with Crippen LogP contribution >= 0.6 is 0 Å². The molecule has 1 heterocycles. The topological polar surface area (TPSA) is 132 Å². The Bertz CT molecular complexity index is 835. The largest absolute Gasteiger partial charge is 0.493 e. The summed E-state index contributed by atoms with van der Waals surface area (Å²) >= 11 is 0. The van der Waals surface area contributed by atoms with Crippen LogP contribution in [0.15, 0.2) is 30.9 Å². The van der Waals surface area contributed by atoms with E-state index < -0.39 is 48.1 Å². The number of hydrogen-bond acceptors (Lipinski definition) is 9. The predicted octanol–water partition coefficient (Wildman–Crippen LogP) is 1.57. The molecular weight excluding hydrogens is 432 g/mol. The molecule has 2 rings (SSSR count). The number of ether oxygens (including phenoxy) is 4. The van der Waals surface area contributed by atoms with Crippen molar-refractivity contribution < 1.29 is 43.9 Å². The van der Waals surface area contributed by atoms with Crippen LogP contribution in [0.5, 0.6) is 5.75 Å². The fraction of sp³-hybridized carbons (Fsp3) is 0.583. The molecular formula is C24H34O9. The van der Waals surface area contributed by atoms with Crippen LogP contribution in [-0.2, 0) is 23.8 Å². The lowest BCUT2D eigenvalue weighted by atomic mass is 9.88. The van der Waals surface area contributed by atoms with E-state index in [0.717, 1.165) is 16.9 Å². The van der Waals surface area contributed by atoms with Crippen molar-refractivity contribution in [2.45, 2.75) is 71.2 Å². The van der Waals surface area contributed by atoms with E-state index >= 15 is 0 Å². The highest BCUT2D eigenvalue weighted by molar-refractivity contribution is 5.77. The molecule has 5 atom stereocenters. The number of hydrogen-bond donors (Lipinski definition) is 3. The van der Waals surface area contributed by atoms with Gasteiger partial charge < -0.3 is 34.3 Å². The summed E-state index contributed by atoms with van der Waals surface area (Å²) in [5, 5.41) is 30.3. The molecule has 0 spiro atoms. The van der Waals surface area contributed by atoms with Crippen molar-refractivity contribution in [3.05, 3.63) is 42.0 Å². The summed E-state index contributed by atoms with van der Waals surface area (Å²) in [5.41, 5.74) is 1.14. The zero-order valence-corrected chi connectivity index (χ0v) is 19.5. The van der Waals surface area contributed by atoms with Gasteiger partial charge in [0.1, 0.15) is 30.7 Å². The molecule has 1 fully saturated rings. The van der Waals surface area contributed by atoms with Crippen LogP contribution < -0.4 is 4.74 Å². The molecule has 3 N–H and O–H groups in total. The predicted molar refractivity (Wildman–Crippen MR) is 118 cm³/mol. The molecule has 0 bridgehead atoms. The number of esters is 2. The maximum Gasteiger partial charge on any atom is 0.338 e. The van der Waals surface area contributed by atoms with Crippen molar-refractivity contribution in [1.82, 2.24) is 0 Å². The number of aliphatic hydroxyl groups excluding tert-OH is 3. The molecule has 0 radical (unpaired) electrons. The highest BCUT2D eigenvalue weighted by Gasteiger charge is 2.49. The first kappa shape index (κ1) is 26.8. The van der Waals surface area contributed by atoms with Gasteiger partial charge in [0.25, 0.3) is 0 Å². The molecule has 0 saturated carbocycles. The molecule has 1 aliphatic rings. The highest BCUT2D eigenvalue weighted by Crippen LogP contribution is 2.29. The molecule has 1 aromatic rings. The second kappa shape index (κ2) is 11.6. The van der Waals surface area contributed by atoms with Gasteiger partial charge in [-0.15, -0.1) is 0 Å². The van der Waals surface area contributed by atoms with Crippen LogP contribution in [0, 0.1) is 19.3 Å². The van der Waals surface area contributed by atoms with E-state index in [2.05, 4.69) is 6.58 Å². The normalized spacial score (nSPS) is 25.2. The van der Waals surface area contributed by atoms with Crippen LogP contribution in [0.1, 0.15) is 37.8 Å². The molecule has 9 nitrogen and oxygen atoms in total. The van der Waals surface area contributed by atoms with Gasteiger partial charge >= 0.3 is 11.9 Å². The lowest BCUT2D eigenvalue weighted by molar-refractivity contribution is -0.289. The number of carbonyl (C=O) groups excluding carboxylic acids is 2. The Balaban J connectivity index is 1.93. The van der Waals surface area contributed by atoms with Crippen LogP contribution in [0.25, 0.3) is 0 Å². The number of aliphatic hydroxyl groups is 3. The van der Waals surface area contributed by atoms with E-state index in [1.165, 1.54) is 6.08 Å². The Kier molecular flexibility index (Phi) is 9.42. The Morgan fingerprint density at radius 1 is 1.15 bits per heavy atom. The monoisotopic (exact) mass is 466 g/mol. The van der Waals surface area contributed by atoms with E-state index in [1.807, 2.05) is 32.0 Å². The smallest absolute Gasteiger partial charge is 0.338 e. The van der Waals surface area contributed by atoms with E-state index in [1.54, 1.807) is 13.8 Å².